The smallest absolute Gasteiger partial charge is 0.305 e. The van der Waals surface area contributed by atoms with Crippen molar-refractivity contribution in [2.75, 3.05) is 0 Å². The lowest BCUT2D eigenvalue weighted by molar-refractivity contribution is -0.138. The zero-order valence-electron chi connectivity index (χ0n) is 11.6. The average molecular weight is 279 g/mol. The number of carbonyl (C=O) groups is 1. The second-order valence-electron chi connectivity index (χ2n) is 5.61. The van der Waals surface area contributed by atoms with Gasteiger partial charge in [0.15, 0.2) is 5.82 Å². The molecule has 0 aliphatic heterocycles. The summed E-state index contributed by atoms with van der Waals surface area (Å²) >= 11 is 0. The van der Waals surface area contributed by atoms with Crippen molar-refractivity contribution in [1.29, 1.82) is 0 Å². The summed E-state index contributed by atoms with van der Waals surface area (Å²) in [7, 11) is 0. The molecule has 1 N–H and O–H groups in total. The van der Waals surface area contributed by atoms with Gasteiger partial charge in [0.25, 0.3) is 0 Å². The highest BCUT2D eigenvalue weighted by Gasteiger charge is 2.31. The lowest BCUT2D eigenvalue weighted by atomic mass is 9.85. The zero-order valence-corrected chi connectivity index (χ0v) is 11.6. The van der Waals surface area contributed by atoms with Crippen molar-refractivity contribution >= 4 is 5.97 Å². The lowest BCUT2D eigenvalue weighted by Gasteiger charge is -2.29. The van der Waals surface area contributed by atoms with Crippen LogP contribution in [0.15, 0.2) is 12.7 Å². The van der Waals surface area contributed by atoms with Crippen LogP contribution in [0, 0.1) is 5.41 Å². The molecule has 0 fully saturated rings. The molecule has 2 rings (SSSR count). The Kier molecular flexibility index (Phi) is 3.77. The minimum Gasteiger partial charge on any atom is -0.481 e. The second-order valence-corrected chi connectivity index (χ2v) is 5.61. The number of aromatic nitrogens is 7. The van der Waals surface area contributed by atoms with Crippen LogP contribution in [0.1, 0.15) is 39.1 Å². The standard InChI is InChI=1S/C11H17N7O2/c1-11(2,3)8(4-10(19)20)18-9(14-15-16-18)5-17-7-12-6-13-17/h6-8H,4-5H2,1-3H3,(H,19,20). The Hall–Kier alpha value is -2.32. The summed E-state index contributed by atoms with van der Waals surface area (Å²) in [6, 6.07) is -0.339. The lowest BCUT2D eigenvalue weighted by Crippen LogP contribution is -2.29. The van der Waals surface area contributed by atoms with Gasteiger partial charge in [-0.05, 0) is 15.8 Å². The summed E-state index contributed by atoms with van der Waals surface area (Å²) in [6.45, 7) is 6.23. The molecule has 0 bridgehead atoms. The van der Waals surface area contributed by atoms with Crippen molar-refractivity contribution in [2.45, 2.75) is 39.8 Å². The van der Waals surface area contributed by atoms with Gasteiger partial charge in [0, 0.05) is 0 Å². The molecule has 9 heteroatoms. The van der Waals surface area contributed by atoms with E-state index < -0.39 is 5.97 Å². The van der Waals surface area contributed by atoms with E-state index in [-0.39, 0.29) is 17.9 Å². The van der Waals surface area contributed by atoms with Gasteiger partial charge < -0.3 is 5.11 Å². The molecular formula is C11H17N7O2. The maximum absolute atomic E-state index is 11.1. The number of carboxylic acids is 1. The number of hydrogen-bond donors (Lipinski definition) is 1. The number of carboxylic acid groups (broad SMARTS) is 1. The summed E-state index contributed by atoms with van der Waals surface area (Å²) in [5.41, 5.74) is -0.287. The van der Waals surface area contributed by atoms with E-state index in [1.165, 1.54) is 6.33 Å². The summed E-state index contributed by atoms with van der Waals surface area (Å²) < 4.78 is 3.15. The van der Waals surface area contributed by atoms with Crippen LogP contribution in [-0.4, -0.2) is 46.0 Å². The minimum absolute atomic E-state index is 0.0428. The number of aliphatic carboxylic acids is 1. The number of hydrogen-bond acceptors (Lipinski definition) is 6. The summed E-state index contributed by atoms with van der Waals surface area (Å²) in [4.78, 5) is 14.9. The predicted molar refractivity (Wildman–Crippen MR) is 67.7 cm³/mol. The van der Waals surface area contributed by atoms with E-state index in [1.807, 2.05) is 20.8 Å². The number of rotatable bonds is 5. The molecular weight excluding hydrogens is 262 g/mol. The Labute approximate surface area is 115 Å². The molecule has 20 heavy (non-hydrogen) atoms. The van der Waals surface area contributed by atoms with Crippen molar-refractivity contribution in [3.05, 3.63) is 18.5 Å². The van der Waals surface area contributed by atoms with Crippen molar-refractivity contribution in [2.24, 2.45) is 5.41 Å². The average Bonchev–Trinajstić information content (AvgIpc) is 2.96. The molecule has 9 nitrogen and oxygen atoms in total. The largest absolute Gasteiger partial charge is 0.481 e. The van der Waals surface area contributed by atoms with Gasteiger partial charge in [0.05, 0.1) is 12.5 Å². The highest BCUT2D eigenvalue weighted by molar-refractivity contribution is 5.67. The summed E-state index contributed by atoms with van der Waals surface area (Å²) in [5, 5.41) is 24.6. The van der Waals surface area contributed by atoms with E-state index in [0.29, 0.717) is 12.4 Å². The first kappa shape index (κ1) is 14.1. The molecule has 0 amide bonds. The second kappa shape index (κ2) is 5.35. The van der Waals surface area contributed by atoms with E-state index >= 15 is 0 Å². The topological polar surface area (TPSA) is 112 Å². The Morgan fingerprint density at radius 2 is 2.20 bits per heavy atom. The van der Waals surface area contributed by atoms with Gasteiger partial charge in [-0.1, -0.05) is 20.8 Å². The normalized spacial score (nSPS) is 13.3. The van der Waals surface area contributed by atoms with Gasteiger partial charge >= 0.3 is 5.97 Å². The van der Waals surface area contributed by atoms with E-state index in [9.17, 15) is 4.79 Å². The summed E-state index contributed by atoms with van der Waals surface area (Å²) in [6.07, 6.45) is 2.94. The van der Waals surface area contributed by atoms with E-state index in [1.54, 1.807) is 15.7 Å². The van der Waals surface area contributed by atoms with Gasteiger partial charge in [-0.25, -0.2) is 14.3 Å². The minimum atomic E-state index is -0.882. The first-order chi connectivity index (χ1) is 9.38. The monoisotopic (exact) mass is 279 g/mol. The van der Waals surface area contributed by atoms with E-state index in [4.69, 9.17) is 5.11 Å². The Bertz CT molecular complexity index is 570. The molecule has 1 unspecified atom stereocenters. The molecule has 0 aliphatic rings. The molecule has 0 radical (unpaired) electrons. The Morgan fingerprint density at radius 1 is 1.45 bits per heavy atom. The fourth-order valence-corrected chi connectivity index (χ4v) is 1.94. The molecule has 2 aromatic heterocycles. The molecule has 0 aromatic carbocycles. The third-order valence-corrected chi connectivity index (χ3v) is 2.99. The van der Waals surface area contributed by atoms with Gasteiger partial charge in [-0.3, -0.25) is 4.79 Å². The maximum atomic E-state index is 11.1. The number of tetrazole rings is 1. The van der Waals surface area contributed by atoms with Crippen molar-refractivity contribution in [3.8, 4) is 0 Å². The Morgan fingerprint density at radius 3 is 2.75 bits per heavy atom. The van der Waals surface area contributed by atoms with Crippen LogP contribution in [-0.2, 0) is 11.3 Å². The molecule has 0 spiro atoms. The highest BCUT2D eigenvalue weighted by atomic mass is 16.4. The first-order valence-electron chi connectivity index (χ1n) is 6.19. The molecule has 2 heterocycles. The van der Waals surface area contributed by atoms with E-state index in [0.717, 1.165) is 0 Å². The predicted octanol–water partition coefficient (Wildman–Crippen LogP) is 0.375. The summed E-state index contributed by atoms with van der Waals surface area (Å²) in [5.74, 6) is -0.330. The SMILES string of the molecule is CC(C)(C)C(CC(=O)O)n1nnnc1Cn1cncn1. The van der Waals surface area contributed by atoms with Gasteiger partial charge in [0.1, 0.15) is 19.2 Å². The fraction of sp³-hybridized carbons (Fsp3) is 0.636. The van der Waals surface area contributed by atoms with Crippen LogP contribution in [0.2, 0.25) is 0 Å². The van der Waals surface area contributed by atoms with Crippen LogP contribution >= 0.6 is 0 Å². The molecule has 2 aromatic rings. The van der Waals surface area contributed by atoms with Crippen LogP contribution in [0.4, 0.5) is 0 Å². The zero-order chi connectivity index (χ0) is 14.8. The molecule has 0 saturated carbocycles. The van der Waals surface area contributed by atoms with Crippen molar-refractivity contribution in [1.82, 2.24) is 35.0 Å². The highest BCUT2D eigenvalue weighted by Crippen LogP contribution is 2.33. The van der Waals surface area contributed by atoms with Crippen LogP contribution in [0.25, 0.3) is 0 Å². The first-order valence-corrected chi connectivity index (χ1v) is 6.19. The van der Waals surface area contributed by atoms with Crippen molar-refractivity contribution in [3.63, 3.8) is 0 Å². The van der Waals surface area contributed by atoms with E-state index in [2.05, 4.69) is 25.6 Å². The van der Waals surface area contributed by atoms with Crippen LogP contribution in [0.5, 0.6) is 0 Å². The Balaban J connectivity index is 2.30. The number of nitrogens with zero attached hydrogens (tertiary/aromatic N) is 7. The third kappa shape index (κ3) is 3.16. The quantitative estimate of drug-likeness (QED) is 0.841. The van der Waals surface area contributed by atoms with Crippen LogP contribution < -0.4 is 0 Å². The fourth-order valence-electron chi connectivity index (χ4n) is 1.94. The van der Waals surface area contributed by atoms with Gasteiger partial charge in [0.2, 0.25) is 0 Å². The maximum Gasteiger partial charge on any atom is 0.305 e. The van der Waals surface area contributed by atoms with Crippen LogP contribution in [0.3, 0.4) is 0 Å². The van der Waals surface area contributed by atoms with Gasteiger partial charge in [-0.15, -0.1) is 5.10 Å². The van der Waals surface area contributed by atoms with Gasteiger partial charge in [-0.2, -0.15) is 5.10 Å². The molecule has 1 atom stereocenters. The molecule has 108 valence electrons. The third-order valence-electron chi connectivity index (χ3n) is 2.99. The molecule has 0 saturated heterocycles. The molecule has 0 aliphatic carbocycles. The van der Waals surface area contributed by atoms with Crippen molar-refractivity contribution < 1.29 is 9.90 Å².